The van der Waals surface area contributed by atoms with Crippen LogP contribution in [0.1, 0.15) is 5.82 Å². The van der Waals surface area contributed by atoms with Crippen molar-refractivity contribution >= 4 is 10.9 Å². The predicted molar refractivity (Wildman–Crippen MR) is 56.9 cm³/mol. The van der Waals surface area contributed by atoms with Crippen LogP contribution in [0.25, 0.3) is 10.9 Å². The van der Waals surface area contributed by atoms with Gasteiger partial charge in [0.15, 0.2) is 0 Å². The molecule has 0 atom stereocenters. The molecule has 2 rings (SSSR count). The second kappa shape index (κ2) is 4.23. The van der Waals surface area contributed by atoms with Crippen LogP contribution in [0.2, 0.25) is 0 Å². The molecule has 0 saturated carbocycles. The van der Waals surface area contributed by atoms with E-state index in [2.05, 4.69) is 9.97 Å². The summed E-state index contributed by atoms with van der Waals surface area (Å²) in [5.74, 6) is 1.43. The first kappa shape index (κ1) is 9.86. The molecule has 0 bridgehead atoms. The zero-order chi connectivity index (χ0) is 10.7. The summed E-state index contributed by atoms with van der Waals surface area (Å²) in [5, 5.41) is 9.76. The Kier molecular flexibility index (Phi) is 2.78. The van der Waals surface area contributed by atoms with Gasteiger partial charge in [-0.15, -0.1) is 0 Å². The fourth-order valence-corrected chi connectivity index (χ4v) is 1.39. The highest BCUT2D eigenvalue weighted by molar-refractivity contribution is 5.79. The van der Waals surface area contributed by atoms with E-state index in [1.54, 1.807) is 13.3 Å². The van der Waals surface area contributed by atoms with E-state index in [9.17, 15) is 0 Å². The van der Waals surface area contributed by atoms with Gasteiger partial charge < -0.3 is 9.84 Å². The van der Waals surface area contributed by atoms with E-state index >= 15 is 0 Å². The van der Waals surface area contributed by atoms with E-state index in [0.717, 1.165) is 16.7 Å². The molecule has 0 aliphatic heterocycles. The number of methoxy groups -OCH3 is 1. The van der Waals surface area contributed by atoms with Crippen molar-refractivity contribution in [2.45, 2.75) is 6.42 Å². The molecule has 15 heavy (non-hydrogen) atoms. The number of hydrogen-bond acceptors (Lipinski definition) is 4. The van der Waals surface area contributed by atoms with Crippen molar-refractivity contribution in [3.05, 3.63) is 30.2 Å². The number of aromatic nitrogens is 2. The SMILES string of the molecule is COc1ccc2cnc(CCO)nc2c1. The largest absolute Gasteiger partial charge is 0.497 e. The van der Waals surface area contributed by atoms with Gasteiger partial charge in [-0.2, -0.15) is 0 Å². The summed E-state index contributed by atoms with van der Waals surface area (Å²) >= 11 is 0. The maximum Gasteiger partial charge on any atom is 0.131 e. The molecule has 4 nitrogen and oxygen atoms in total. The molecule has 0 spiro atoms. The van der Waals surface area contributed by atoms with Gasteiger partial charge in [-0.25, -0.2) is 9.97 Å². The van der Waals surface area contributed by atoms with E-state index in [0.29, 0.717) is 12.2 Å². The van der Waals surface area contributed by atoms with Crippen LogP contribution in [0, 0.1) is 0 Å². The topological polar surface area (TPSA) is 55.2 Å². The smallest absolute Gasteiger partial charge is 0.131 e. The standard InChI is InChI=1S/C11H12N2O2/c1-15-9-3-2-8-7-12-11(4-5-14)13-10(8)6-9/h2-3,6-7,14H,4-5H2,1H3. The summed E-state index contributed by atoms with van der Waals surface area (Å²) in [6, 6.07) is 5.65. The number of benzene rings is 1. The average molecular weight is 204 g/mol. The highest BCUT2D eigenvalue weighted by Gasteiger charge is 2.00. The third-order valence-corrected chi connectivity index (χ3v) is 2.18. The van der Waals surface area contributed by atoms with Crippen molar-refractivity contribution in [1.29, 1.82) is 0 Å². The van der Waals surface area contributed by atoms with Crippen LogP contribution >= 0.6 is 0 Å². The Hall–Kier alpha value is -1.68. The summed E-state index contributed by atoms with van der Waals surface area (Å²) in [4.78, 5) is 8.46. The van der Waals surface area contributed by atoms with Gasteiger partial charge in [0, 0.05) is 24.1 Å². The number of aliphatic hydroxyl groups is 1. The molecule has 0 aliphatic rings. The van der Waals surface area contributed by atoms with E-state index in [1.807, 2.05) is 18.2 Å². The molecule has 1 aromatic heterocycles. The van der Waals surface area contributed by atoms with Gasteiger partial charge in [0.25, 0.3) is 0 Å². The summed E-state index contributed by atoms with van der Waals surface area (Å²) in [5.41, 5.74) is 0.841. The summed E-state index contributed by atoms with van der Waals surface area (Å²) < 4.78 is 5.11. The Morgan fingerprint density at radius 2 is 2.27 bits per heavy atom. The maximum atomic E-state index is 8.79. The van der Waals surface area contributed by atoms with E-state index < -0.39 is 0 Å². The lowest BCUT2D eigenvalue weighted by Gasteiger charge is -2.03. The van der Waals surface area contributed by atoms with Gasteiger partial charge in [0.1, 0.15) is 11.6 Å². The van der Waals surface area contributed by atoms with Crippen molar-refractivity contribution < 1.29 is 9.84 Å². The number of fused-ring (bicyclic) bond motifs is 1. The first-order valence-electron chi connectivity index (χ1n) is 4.74. The van der Waals surface area contributed by atoms with Crippen LogP contribution in [-0.2, 0) is 6.42 Å². The van der Waals surface area contributed by atoms with E-state index in [-0.39, 0.29) is 6.61 Å². The molecule has 0 aliphatic carbocycles. The van der Waals surface area contributed by atoms with Crippen molar-refractivity contribution in [2.24, 2.45) is 0 Å². The fourth-order valence-electron chi connectivity index (χ4n) is 1.39. The number of nitrogens with zero attached hydrogens (tertiary/aromatic N) is 2. The molecule has 78 valence electrons. The number of ether oxygens (including phenoxy) is 1. The van der Waals surface area contributed by atoms with Gasteiger partial charge in [0.2, 0.25) is 0 Å². The molecule has 1 heterocycles. The number of hydrogen-bond donors (Lipinski definition) is 1. The molecule has 0 saturated heterocycles. The molecule has 0 fully saturated rings. The molecule has 0 radical (unpaired) electrons. The third kappa shape index (κ3) is 2.05. The lowest BCUT2D eigenvalue weighted by atomic mass is 10.2. The normalized spacial score (nSPS) is 10.5. The molecule has 2 aromatic rings. The molecule has 1 aromatic carbocycles. The molecular weight excluding hydrogens is 192 g/mol. The van der Waals surface area contributed by atoms with Crippen molar-refractivity contribution in [3.8, 4) is 5.75 Å². The van der Waals surface area contributed by atoms with Crippen molar-refractivity contribution in [2.75, 3.05) is 13.7 Å². The van der Waals surface area contributed by atoms with Crippen LogP contribution in [0.5, 0.6) is 5.75 Å². The molecule has 0 amide bonds. The van der Waals surface area contributed by atoms with Gasteiger partial charge in [0.05, 0.1) is 19.2 Å². The molecular formula is C11H12N2O2. The van der Waals surface area contributed by atoms with Crippen molar-refractivity contribution in [3.63, 3.8) is 0 Å². The van der Waals surface area contributed by atoms with E-state index in [4.69, 9.17) is 9.84 Å². The van der Waals surface area contributed by atoms with Crippen LogP contribution in [0.3, 0.4) is 0 Å². The Balaban J connectivity index is 2.48. The second-order valence-electron chi connectivity index (χ2n) is 3.18. The van der Waals surface area contributed by atoms with Gasteiger partial charge >= 0.3 is 0 Å². The zero-order valence-corrected chi connectivity index (χ0v) is 8.47. The first-order chi connectivity index (χ1) is 7.33. The number of rotatable bonds is 3. The van der Waals surface area contributed by atoms with Crippen LogP contribution < -0.4 is 4.74 Å². The Morgan fingerprint density at radius 3 is 3.00 bits per heavy atom. The molecule has 1 N–H and O–H groups in total. The monoisotopic (exact) mass is 204 g/mol. The minimum absolute atomic E-state index is 0.0650. The lowest BCUT2D eigenvalue weighted by Crippen LogP contribution is -1.98. The zero-order valence-electron chi connectivity index (χ0n) is 8.47. The highest BCUT2D eigenvalue weighted by Crippen LogP contribution is 2.18. The number of aliphatic hydroxyl groups excluding tert-OH is 1. The molecule has 4 heteroatoms. The van der Waals surface area contributed by atoms with E-state index in [1.165, 1.54) is 0 Å². The third-order valence-electron chi connectivity index (χ3n) is 2.18. The van der Waals surface area contributed by atoms with Crippen LogP contribution in [0.4, 0.5) is 0 Å². The Bertz CT molecular complexity index is 471. The summed E-state index contributed by atoms with van der Waals surface area (Å²) in [6.07, 6.45) is 2.24. The summed E-state index contributed by atoms with van der Waals surface area (Å²) in [6.45, 7) is 0.0650. The maximum absolute atomic E-state index is 8.79. The lowest BCUT2D eigenvalue weighted by molar-refractivity contribution is 0.297. The Labute approximate surface area is 87.6 Å². The average Bonchev–Trinajstić information content (AvgIpc) is 2.28. The minimum atomic E-state index is 0.0650. The first-order valence-corrected chi connectivity index (χ1v) is 4.74. The minimum Gasteiger partial charge on any atom is -0.497 e. The molecule has 0 unspecified atom stereocenters. The van der Waals surface area contributed by atoms with Gasteiger partial charge in [-0.1, -0.05) is 0 Å². The second-order valence-corrected chi connectivity index (χ2v) is 3.18. The fraction of sp³-hybridized carbons (Fsp3) is 0.273. The summed E-state index contributed by atoms with van der Waals surface area (Å²) in [7, 11) is 1.62. The van der Waals surface area contributed by atoms with Crippen LogP contribution in [0.15, 0.2) is 24.4 Å². The van der Waals surface area contributed by atoms with Gasteiger partial charge in [-0.3, -0.25) is 0 Å². The predicted octanol–water partition coefficient (Wildman–Crippen LogP) is 1.17. The highest BCUT2D eigenvalue weighted by atomic mass is 16.5. The Morgan fingerprint density at radius 1 is 1.40 bits per heavy atom. The van der Waals surface area contributed by atoms with Gasteiger partial charge in [-0.05, 0) is 12.1 Å². The van der Waals surface area contributed by atoms with Crippen molar-refractivity contribution in [1.82, 2.24) is 9.97 Å². The quantitative estimate of drug-likeness (QED) is 0.815. The van der Waals surface area contributed by atoms with Crippen LogP contribution in [-0.4, -0.2) is 28.8 Å².